The summed E-state index contributed by atoms with van der Waals surface area (Å²) in [6.07, 6.45) is 10.1. The van der Waals surface area contributed by atoms with E-state index in [0.717, 1.165) is 11.3 Å². The average molecular weight is 603 g/mol. The second kappa shape index (κ2) is 12.3. The topological polar surface area (TPSA) is 128 Å². The molecule has 2 aromatic carbocycles. The Kier molecular flexibility index (Phi) is 8.54. The highest BCUT2D eigenvalue weighted by molar-refractivity contribution is 7.92. The lowest BCUT2D eigenvalue weighted by Crippen LogP contribution is -2.42. The number of ether oxygens (including phenoxy) is 1. The third-order valence-corrected chi connectivity index (χ3v) is 9.11. The number of oxazole rings is 1. The highest BCUT2D eigenvalue weighted by Gasteiger charge is 2.39. The minimum Gasteiger partial charge on any atom is -0.497 e. The van der Waals surface area contributed by atoms with E-state index in [-0.39, 0.29) is 29.7 Å². The van der Waals surface area contributed by atoms with Gasteiger partial charge in [-0.2, -0.15) is 0 Å². The van der Waals surface area contributed by atoms with Crippen molar-refractivity contribution in [3.05, 3.63) is 107 Å². The predicted octanol–water partition coefficient (Wildman–Crippen LogP) is 5.46. The van der Waals surface area contributed by atoms with E-state index in [4.69, 9.17) is 13.7 Å². The van der Waals surface area contributed by atoms with Gasteiger partial charge in [-0.05, 0) is 56.0 Å². The Hall–Kier alpha value is -4.64. The molecule has 1 aliphatic carbocycles. The van der Waals surface area contributed by atoms with Gasteiger partial charge in [0.1, 0.15) is 12.0 Å². The van der Waals surface area contributed by atoms with Gasteiger partial charge in [0, 0.05) is 36.6 Å². The number of hydrogen-bond acceptors (Lipinski definition) is 8. The number of nitrogens with one attached hydrogen (secondary N) is 1. The first-order valence-corrected chi connectivity index (χ1v) is 15.3. The molecule has 11 heteroatoms. The molecule has 2 aromatic heterocycles. The SMILES string of the molecule is COc1ccc(CCC(=O)N(C)CC2(c3ccccc3S(=O)(=O)Nc3onc(C)c3C)C=C(c3ncco3)C=CC2)cc1. The van der Waals surface area contributed by atoms with E-state index in [9.17, 15) is 13.2 Å². The summed E-state index contributed by atoms with van der Waals surface area (Å²) in [5, 5.41) is 3.88. The zero-order valence-electron chi connectivity index (χ0n) is 24.5. The zero-order chi connectivity index (χ0) is 30.6. The Bertz CT molecular complexity index is 1760. The summed E-state index contributed by atoms with van der Waals surface area (Å²) in [6.45, 7) is 3.70. The average Bonchev–Trinajstić information content (AvgIpc) is 3.67. The molecule has 43 heavy (non-hydrogen) atoms. The van der Waals surface area contributed by atoms with Crippen molar-refractivity contribution < 1.29 is 26.9 Å². The zero-order valence-corrected chi connectivity index (χ0v) is 25.3. The van der Waals surface area contributed by atoms with Crippen LogP contribution < -0.4 is 9.46 Å². The highest BCUT2D eigenvalue weighted by Crippen LogP contribution is 2.41. The fourth-order valence-electron chi connectivity index (χ4n) is 5.23. The van der Waals surface area contributed by atoms with Crippen molar-refractivity contribution in [2.24, 2.45) is 0 Å². The van der Waals surface area contributed by atoms with Gasteiger partial charge in [0.2, 0.25) is 17.7 Å². The Labute approximate surface area is 251 Å². The molecular weight excluding hydrogens is 568 g/mol. The molecule has 10 nitrogen and oxygen atoms in total. The fraction of sp³-hybridized carbons (Fsp3) is 0.281. The van der Waals surface area contributed by atoms with Crippen molar-refractivity contribution in [3.63, 3.8) is 0 Å². The molecule has 1 N–H and O–H groups in total. The number of aryl methyl sites for hydroxylation is 2. The normalized spacial score (nSPS) is 16.5. The van der Waals surface area contributed by atoms with Gasteiger partial charge < -0.3 is 18.6 Å². The number of likely N-dealkylation sites (N-methyl/N-ethyl adjacent to an activating group) is 1. The largest absolute Gasteiger partial charge is 0.497 e. The van der Waals surface area contributed by atoms with Gasteiger partial charge in [0.15, 0.2) is 0 Å². The molecule has 0 saturated carbocycles. The van der Waals surface area contributed by atoms with E-state index in [1.54, 1.807) is 63.4 Å². The number of sulfonamides is 1. The summed E-state index contributed by atoms with van der Waals surface area (Å²) in [5.74, 6) is 1.15. The number of carbonyl (C=O) groups excluding carboxylic acids is 1. The summed E-state index contributed by atoms with van der Waals surface area (Å²) >= 11 is 0. The Morgan fingerprint density at radius 2 is 1.91 bits per heavy atom. The Balaban J connectivity index is 1.49. The lowest BCUT2D eigenvalue weighted by atomic mass is 9.73. The number of methoxy groups -OCH3 is 1. The summed E-state index contributed by atoms with van der Waals surface area (Å²) in [5.41, 5.74) is 2.51. The maximum Gasteiger partial charge on any atom is 0.264 e. The minimum absolute atomic E-state index is 0.0618. The van der Waals surface area contributed by atoms with Gasteiger partial charge in [-0.3, -0.25) is 4.79 Å². The summed E-state index contributed by atoms with van der Waals surface area (Å²) < 4.78 is 46.3. The van der Waals surface area contributed by atoms with Gasteiger partial charge >= 0.3 is 0 Å². The number of hydrogen-bond donors (Lipinski definition) is 1. The number of nitrogens with zero attached hydrogens (tertiary/aromatic N) is 3. The molecule has 0 radical (unpaired) electrons. The number of anilines is 1. The second-order valence-corrected chi connectivity index (χ2v) is 12.3. The molecule has 2 heterocycles. The number of allylic oxidation sites excluding steroid dienone is 3. The predicted molar refractivity (Wildman–Crippen MR) is 162 cm³/mol. The first kappa shape index (κ1) is 29.8. The molecule has 0 fully saturated rings. The standard InChI is InChI=1S/C32H34N4O6S/c1-22-23(2)34-42-30(22)35-43(38,39)28-10-6-5-9-27(28)32(17-7-8-25(20-32)31-33-18-19-41-31)21-36(3)29(37)16-13-24-11-14-26(40-4)15-12-24/h5-12,14-15,18-20,35H,13,16-17,21H2,1-4H3. The van der Waals surface area contributed by atoms with Gasteiger partial charge in [0.05, 0.1) is 23.9 Å². The third kappa shape index (κ3) is 6.41. The summed E-state index contributed by atoms with van der Waals surface area (Å²) in [4.78, 5) is 19.5. The molecule has 4 aromatic rings. The van der Waals surface area contributed by atoms with Crippen molar-refractivity contribution in [2.45, 2.75) is 43.4 Å². The van der Waals surface area contributed by atoms with Crippen molar-refractivity contribution in [3.8, 4) is 5.75 Å². The molecule has 1 amide bonds. The van der Waals surface area contributed by atoms with Gasteiger partial charge in [-0.25, -0.2) is 18.1 Å². The van der Waals surface area contributed by atoms with Crippen LogP contribution in [0, 0.1) is 13.8 Å². The maximum absolute atomic E-state index is 13.8. The monoisotopic (exact) mass is 602 g/mol. The van der Waals surface area contributed by atoms with Crippen molar-refractivity contribution in [1.29, 1.82) is 0 Å². The van der Waals surface area contributed by atoms with Crippen molar-refractivity contribution >= 4 is 27.4 Å². The third-order valence-electron chi connectivity index (χ3n) is 7.72. The van der Waals surface area contributed by atoms with Crippen LogP contribution in [0.1, 0.15) is 41.1 Å². The van der Waals surface area contributed by atoms with Gasteiger partial charge in [-0.15, -0.1) is 0 Å². The quantitative estimate of drug-likeness (QED) is 0.240. The first-order chi connectivity index (χ1) is 20.6. The second-order valence-electron chi connectivity index (χ2n) is 10.6. The summed E-state index contributed by atoms with van der Waals surface area (Å²) in [7, 11) is -0.756. The lowest BCUT2D eigenvalue weighted by Gasteiger charge is -2.37. The minimum atomic E-state index is -4.11. The molecule has 0 aliphatic heterocycles. The molecule has 1 aliphatic rings. The Morgan fingerprint density at radius 1 is 1.14 bits per heavy atom. The number of carbonyl (C=O) groups is 1. The molecule has 0 bridgehead atoms. The van der Waals surface area contributed by atoms with Crippen LogP contribution in [0.4, 0.5) is 5.88 Å². The molecule has 0 spiro atoms. The molecular formula is C32H34N4O6S. The van der Waals surface area contributed by atoms with Crippen LogP contribution in [0.15, 0.2) is 93.1 Å². The van der Waals surface area contributed by atoms with Crippen molar-refractivity contribution in [2.75, 3.05) is 25.4 Å². The van der Waals surface area contributed by atoms with E-state index >= 15 is 0 Å². The lowest BCUT2D eigenvalue weighted by molar-refractivity contribution is -0.130. The fourth-order valence-corrected chi connectivity index (χ4v) is 6.59. The molecule has 1 atom stereocenters. The van der Waals surface area contributed by atoms with E-state index < -0.39 is 15.4 Å². The number of aromatic nitrogens is 2. The van der Waals surface area contributed by atoms with Crippen LogP contribution in [-0.2, 0) is 26.7 Å². The van der Waals surface area contributed by atoms with Gasteiger partial charge in [0.25, 0.3) is 10.0 Å². The highest BCUT2D eigenvalue weighted by atomic mass is 32.2. The van der Waals surface area contributed by atoms with Gasteiger partial charge in [-0.1, -0.05) is 53.7 Å². The number of rotatable bonds is 11. The van der Waals surface area contributed by atoms with Crippen LogP contribution in [0.2, 0.25) is 0 Å². The number of benzene rings is 2. The van der Waals surface area contributed by atoms with Crippen LogP contribution >= 0.6 is 0 Å². The maximum atomic E-state index is 13.8. The molecule has 224 valence electrons. The van der Waals surface area contributed by atoms with E-state index in [0.29, 0.717) is 41.1 Å². The van der Waals surface area contributed by atoms with Crippen molar-refractivity contribution in [1.82, 2.24) is 15.0 Å². The summed E-state index contributed by atoms with van der Waals surface area (Å²) in [6, 6.07) is 14.4. The first-order valence-electron chi connectivity index (χ1n) is 13.8. The smallest absolute Gasteiger partial charge is 0.264 e. The molecule has 5 rings (SSSR count). The molecule has 0 saturated heterocycles. The van der Waals surface area contributed by atoms with E-state index in [1.165, 1.54) is 6.26 Å². The van der Waals surface area contributed by atoms with Crippen LogP contribution in [0.5, 0.6) is 5.75 Å². The Morgan fingerprint density at radius 3 is 2.58 bits per heavy atom. The van der Waals surface area contributed by atoms with Crippen LogP contribution in [0.3, 0.4) is 0 Å². The molecule has 1 unspecified atom stereocenters. The number of amides is 1. The van der Waals surface area contributed by atoms with Crippen LogP contribution in [-0.4, -0.2) is 50.1 Å². The van der Waals surface area contributed by atoms with Crippen LogP contribution in [0.25, 0.3) is 5.57 Å². The van der Waals surface area contributed by atoms with E-state index in [1.807, 2.05) is 42.5 Å². The van der Waals surface area contributed by atoms with E-state index in [2.05, 4.69) is 14.9 Å².